The molecular weight excluding hydrogens is 446 g/mol. The summed E-state index contributed by atoms with van der Waals surface area (Å²) in [5, 5.41) is 0. The molecule has 6 heteroatoms. The largest absolute Gasteiger partial charge is 0.493 e. The van der Waals surface area contributed by atoms with Crippen LogP contribution in [-0.4, -0.2) is 33.5 Å². The van der Waals surface area contributed by atoms with E-state index >= 15 is 0 Å². The van der Waals surface area contributed by atoms with Gasteiger partial charge in [-0.2, -0.15) is 4.31 Å². The third-order valence-electron chi connectivity index (χ3n) is 5.94. The molecular formula is C28H35NO4S. The number of hydrogen-bond acceptors (Lipinski definition) is 4. The van der Waals surface area contributed by atoms with Crippen LogP contribution in [0.5, 0.6) is 11.5 Å². The van der Waals surface area contributed by atoms with Gasteiger partial charge in [-0.25, -0.2) is 8.42 Å². The van der Waals surface area contributed by atoms with Crippen molar-refractivity contribution in [1.82, 2.24) is 4.31 Å². The molecule has 0 heterocycles. The molecule has 0 atom stereocenters. The van der Waals surface area contributed by atoms with Crippen molar-refractivity contribution < 1.29 is 17.9 Å². The van der Waals surface area contributed by atoms with Crippen LogP contribution in [0.25, 0.3) is 0 Å². The summed E-state index contributed by atoms with van der Waals surface area (Å²) in [5.74, 6) is 1.28. The van der Waals surface area contributed by atoms with Crippen molar-refractivity contribution in [3.05, 3.63) is 89.0 Å². The Morgan fingerprint density at radius 3 is 1.94 bits per heavy atom. The first-order chi connectivity index (χ1) is 16.0. The molecule has 0 spiro atoms. The van der Waals surface area contributed by atoms with Crippen LogP contribution in [0, 0.1) is 6.92 Å². The Labute approximate surface area is 204 Å². The van der Waals surface area contributed by atoms with Crippen molar-refractivity contribution in [3.63, 3.8) is 0 Å². The lowest BCUT2D eigenvalue weighted by molar-refractivity contribution is 0.354. The van der Waals surface area contributed by atoms with Gasteiger partial charge in [0, 0.05) is 13.1 Å². The zero-order valence-corrected chi connectivity index (χ0v) is 21.8. The van der Waals surface area contributed by atoms with Gasteiger partial charge >= 0.3 is 0 Å². The number of methoxy groups -OCH3 is 2. The van der Waals surface area contributed by atoms with Gasteiger partial charge in [0.05, 0.1) is 19.1 Å². The summed E-state index contributed by atoms with van der Waals surface area (Å²) in [6.45, 7) is 9.08. The number of rotatable bonds is 9. The molecule has 0 aromatic heterocycles. The topological polar surface area (TPSA) is 55.8 Å². The minimum Gasteiger partial charge on any atom is -0.493 e. The second kappa shape index (κ2) is 10.6. The standard InChI is InChI=1S/C28H35NO4S/c1-21-7-14-25(15-8-21)34(30,31)29(20-23-9-12-24(13-10-23)28(2,3)4)18-17-22-11-16-26(32-5)27(19-22)33-6/h7-16,19H,17-18,20H2,1-6H3. The maximum absolute atomic E-state index is 13.6. The summed E-state index contributed by atoms with van der Waals surface area (Å²) >= 11 is 0. The zero-order chi connectivity index (χ0) is 24.9. The average Bonchev–Trinajstić information content (AvgIpc) is 2.81. The number of hydrogen-bond donors (Lipinski definition) is 0. The molecule has 0 N–H and O–H groups in total. The molecule has 0 radical (unpaired) electrons. The van der Waals surface area contributed by atoms with Crippen LogP contribution in [0.4, 0.5) is 0 Å². The summed E-state index contributed by atoms with van der Waals surface area (Å²) in [4.78, 5) is 0.303. The quantitative estimate of drug-likeness (QED) is 0.391. The molecule has 3 aromatic rings. The Hall–Kier alpha value is -2.83. The minimum absolute atomic E-state index is 0.0413. The number of sulfonamides is 1. The molecule has 34 heavy (non-hydrogen) atoms. The molecule has 0 saturated heterocycles. The third kappa shape index (κ3) is 6.19. The summed E-state index contributed by atoms with van der Waals surface area (Å²) in [6, 6.07) is 20.9. The molecule has 0 saturated carbocycles. The van der Waals surface area contributed by atoms with Crippen molar-refractivity contribution in [1.29, 1.82) is 0 Å². The van der Waals surface area contributed by atoms with E-state index in [1.54, 1.807) is 30.7 Å². The number of nitrogens with zero attached hydrogens (tertiary/aromatic N) is 1. The SMILES string of the molecule is COc1ccc(CCN(Cc2ccc(C(C)(C)C)cc2)S(=O)(=O)c2ccc(C)cc2)cc1OC. The summed E-state index contributed by atoms with van der Waals surface area (Å²) in [6.07, 6.45) is 0.547. The lowest BCUT2D eigenvalue weighted by Gasteiger charge is -2.24. The van der Waals surface area contributed by atoms with E-state index in [1.807, 2.05) is 49.4 Å². The summed E-state index contributed by atoms with van der Waals surface area (Å²) < 4.78 is 39.5. The van der Waals surface area contributed by atoms with Crippen LogP contribution in [0.2, 0.25) is 0 Å². The highest BCUT2D eigenvalue weighted by atomic mass is 32.2. The molecule has 3 rings (SSSR count). The van der Waals surface area contributed by atoms with E-state index < -0.39 is 10.0 Å². The molecule has 0 amide bonds. The number of aryl methyl sites for hydroxylation is 1. The van der Waals surface area contributed by atoms with E-state index in [4.69, 9.17) is 9.47 Å². The lowest BCUT2D eigenvalue weighted by Crippen LogP contribution is -2.32. The van der Waals surface area contributed by atoms with E-state index in [2.05, 4.69) is 32.9 Å². The van der Waals surface area contributed by atoms with Crippen molar-refractivity contribution in [3.8, 4) is 11.5 Å². The van der Waals surface area contributed by atoms with Gasteiger partial charge in [0.1, 0.15) is 0 Å². The molecule has 182 valence electrons. The summed E-state index contributed by atoms with van der Waals surface area (Å²) in [7, 11) is -0.486. The predicted molar refractivity (Wildman–Crippen MR) is 137 cm³/mol. The van der Waals surface area contributed by atoms with Gasteiger partial charge in [0.2, 0.25) is 10.0 Å². The fourth-order valence-electron chi connectivity index (χ4n) is 3.75. The van der Waals surface area contributed by atoms with E-state index in [-0.39, 0.29) is 5.41 Å². The highest BCUT2D eigenvalue weighted by Crippen LogP contribution is 2.29. The van der Waals surface area contributed by atoms with Crippen molar-refractivity contribution in [2.24, 2.45) is 0 Å². The van der Waals surface area contributed by atoms with E-state index in [9.17, 15) is 8.42 Å². The van der Waals surface area contributed by atoms with Crippen LogP contribution in [-0.2, 0) is 28.4 Å². The fraction of sp³-hybridized carbons (Fsp3) is 0.357. The molecule has 5 nitrogen and oxygen atoms in total. The van der Waals surface area contributed by atoms with Crippen LogP contribution in [0.3, 0.4) is 0 Å². The van der Waals surface area contributed by atoms with Crippen molar-refractivity contribution in [2.45, 2.75) is 51.0 Å². The van der Waals surface area contributed by atoms with Crippen LogP contribution in [0.1, 0.15) is 43.0 Å². The van der Waals surface area contributed by atoms with Crippen LogP contribution in [0.15, 0.2) is 71.6 Å². The van der Waals surface area contributed by atoms with Crippen molar-refractivity contribution >= 4 is 10.0 Å². The molecule has 0 unspecified atom stereocenters. The second-order valence-electron chi connectivity index (χ2n) is 9.54. The van der Waals surface area contributed by atoms with E-state index in [0.29, 0.717) is 35.9 Å². The molecule has 0 aliphatic rings. The average molecular weight is 482 g/mol. The van der Waals surface area contributed by atoms with Gasteiger partial charge in [-0.3, -0.25) is 0 Å². The normalized spacial score (nSPS) is 12.1. The Morgan fingerprint density at radius 2 is 1.38 bits per heavy atom. The fourth-order valence-corrected chi connectivity index (χ4v) is 5.18. The van der Waals surface area contributed by atoms with E-state index in [1.165, 1.54) is 5.56 Å². The molecule has 0 aliphatic carbocycles. The maximum atomic E-state index is 13.6. The Morgan fingerprint density at radius 1 is 0.794 bits per heavy atom. The van der Waals surface area contributed by atoms with Crippen LogP contribution < -0.4 is 9.47 Å². The highest BCUT2D eigenvalue weighted by molar-refractivity contribution is 7.89. The Balaban J connectivity index is 1.89. The van der Waals surface area contributed by atoms with Gasteiger partial charge in [-0.1, -0.05) is 68.8 Å². The van der Waals surface area contributed by atoms with Gasteiger partial charge in [-0.05, 0) is 59.7 Å². The first-order valence-electron chi connectivity index (χ1n) is 11.4. The van der Waals surface area contributed by atoms with Gasteiger partial charge in [0.25, 0.3) is 0 Å². The van der Waals surface area contributed by atoms with Gasteiger partial charge in [-0.15, -0.1) is 0 Å². The second-order valence-corrected chi connectivity index (χ2v) is 11.5. The van der Waals surface area contributed by atoms with Gasteiger partial charge < -0.3 is 9.47 Å². The lowest BCUT2D eigenvalue weighted by atomic mass is 9.87. The van der Waals surface area contributed by atoms with Crippen LogP contribution >= 0.6 is 0 Å². The maximum Gasteiger partial charge on any atom is 0.243 e. The first kappa shape index (κ1) is 25.8. The van der Waals surface area contributed by atoms with Gasteiger partial charge in [0.15, 0.2) is 11.5 Å². The smallest absolute Gasteiger partial charge is 0.243 e. The monoisotopic (exact) mass is 481 g/mol. The number of benzene rings is 3. The molecule has 3 aromatic carbocycles. The summed E-state index contributed by atoms with van der Waals surface area (Å²) in [5.41, 5.74) is 4.21. The highest BCUT2D eigenvalue weighted by Gasteiger charge is 2.25. The third-order valence-corrected chi connectivity index (χ3v) is 7.79. The predicted octanol–water partition coefficient (Wildman–Crippen LogP) is 5.74. The zero-order valence-electron chi connectivity index (χ0n) is 21.0. The van der Waals surface area contributed by atoms with Crippen molar-refractivity contribution in [2.75, 3.05) is 20.8 Å². The minimum atomic E-state index is -3.68. The number of ether oxygens (including phenoxy) is 2. The first-order valence-corrected chi connectivity index (χ1v) is 12.9. The molecule has 0 aliphatic heterocycles. The Bertz CT molecular complexity index is 1190. The molecule has 0 bridgehead atoms. The van der Waals surface area contributed by atoms with E-state index in [0.717, 1.165) is 16.7 Å². The Kier molecular flexibility index (Phi) is 8.05. The molecule has 0 fully saturated rings.